The number of amides is 1. The third-order valence-electron chi connectivity index (χ3n) is 3.96. The maximum atomic E-state index is 11.9. The van der Waals surface area contributed by atoms with E-state index >= 15 is 0 Å². The Morgan fingerprint density at radius 2 is 2.27 bits per heavy atom. The number of aryl methyl sites for hydroxylation is 2. The monoisotopic (exact) mass is 355 g/mol. The summed E-state index contributed by atoms with van der Waals surface area (Å²) in [7, 11) is 3.50. The fourth-order valence-electron chi connectivity index (χ4n) is 2.47. The number of nitrogens with zero attached hydrogens (tertiary/aromatic N) is 4. The van der Waals surface area contributed by atoms with Crippen molar-refractivity contribution in [2.45, 2.75) is 25.8 Å². The molecule has 0 aliphatic heterocycles. The summed E-state index contributed by atoms with van der Waals surface area (Å²) in [6.45, 7) is 0.420. The first kappa shape index (κ1) is 17.7. The lowest BCUT2D eigenvalue weighted by Gasteiger charge is -2.04. The highest BCUT2D eigenvalue weighted by Gasteiger charge is 2.10. The second-order valence-electron chi connectivity index (χ2n) is 5.83. The van der Waals surface area contributed by atoms with E-state index in [-0.39, 0.29) is 5.91 Å². The molecular formula is C18H21N5O3. The van der Waals surface area contributed by atoms with Gasteiger partial charge in [0, 0.05) is 37.8 Å². The Hall–Kier alpha value is -3.16. The number of benzene rings is 1. The van der Waals surface area contributed by atoms with Gasteiger partial charge < -0.3 is 19.1 Å². The van der Waals surface area contributed by atoms with Crippen LogP contribution in [0.1, 0.15) is 24.6 Å². The van der Waals surface area contributed by atoms with E-state index in [2.05, 4.69) is 20.4 Å². The van der Waals surface area contributed by atoms with Crippen molar-refractivity contribution in [2.75, 3.05) is 7.11 Å². The molecule has 3 aromatic rings. The van der Waals surface area contributed by atoms with Crippen LogP contribution >= 0.6 is 0 Å². The van der Waals surface area contributed by atoms with Gasteiger partial charge in [-0.2, -0.15) is 4.98 Å². The molecule has 136 valence electrons. The van der Waals surface area contributed by atoms with E-state index in [1.807, 2.05) is 42.1 Å². The van der Waals surface area contributed by atoms with Gasteiger partial charge in [0.05, 0.1) is 13.7 Å². The molecule has 0 aliphatic rings. The Morgan fingerprint density at radius 1 is 1.38 bits per heavy atom. The lowest BCUT2D eigenvalue weighted by molar-refractivity contribution is -0.121. The van der Waals surface area contributed by atoms with Crippen LogP contribution in [0.5, 0.6) is 5.75 Å². The SMILES string of the molecule is COc1cccc(-c2noc(CCCC(=O)NCc3nccn3C)n2)c1. The van der Waals surface area contributed by atoms with E-state index in [1.165, 1.54) is 0 Å². The molecule has 1 amide bonds. The molecule has 1 aromatic carbocycles. The molecule has 2 heterocycles. The molecule has 3 rings (SSSR count). The van der Waals surface area contributed by atoms with Crippen LogP contribution in [0.4, 0.5) is 0 Å². The van der Waals surface area contributed by atoms with Crippen LogP contribution in [0.2, 0.25) is 0 Å². The summed E-state index contributed by atoms with van der Waals surface area (Å²) in [5, 5.41) is 6.84. The number of rotatable bonds is 8. The summed E-state index contributed by atoms with van der Waals surface area (Å²) in [4.78, 5) is 20.4. The zero-order chi connectivity index (χ0) is 18.4. The molecule has 0 bridgehead atoms. The second-order valence-corrected chi connectivity index (χ2v) is 5.83. The number of methoxy groups -OCH3 is 1. The quantitative estimate of drug-likeness (QED) is 0.665. The molecule has 0 saturated carbocycles. The molecule has 0 saturated heterocycles. The van der Waals surface area contributed by atoms with Crippen molar-refractivity contribution in [3.05, 3.63) is 48.4 Å². The summed E-state index contributed by atoms with van der Waals surface area (Å²) in [6, 6.07) is 7.46. The van der Waals surface area contributed by atoms with Crippen LogP contribution in [-0.4, -0.2) is 32.7 Å². The number of ether oxygens (including phenoxy) is 1. The van der Waals surface area contributed by atoms with Crippen molar-refractivity contribution in [1.29, 1.82) is 0 Å². The van der Waals surface area contributed by atoms with Gasteiger partial charge in [-0.05, 0) is 18.6 Å². The van der Waals surface area contributed by atoms with Gasteiger partial charge >= 0.3 is 0 Å². The Morgan fingerprint density at radius 3 is 3.04 bits per heavy atom. The molecule has 0 unspecified atom stereocenters. The number of carbonyl (C=O) groups excluding carboxylic acids is 1. The van der Waals surface area contributed by atoms with Crippen LogP contribution in [0.15, 0.2) is 41.2 Å². The third kappa shape index (κ3) is 4.47. The summed E-state index contributed by atoms with van der Waals surface area (Å²) >= 11 is 0. The Labute approximate surface area is 151 Å². The summed E-state index contributed by atoms with van der Waals surface area (Å²) < 4.78 is 12.3. The zero-order valence-corrected chi connectivity index (χ0v) is 14.8. The van der Waals surface area contributed by atoms with Gasteiger partial charge in [-0.15, -0.1) is 0 Å². The molecule has 0 aliphatic carbocycles. The van der Waals surface area contributed by atoms with E-state index < -0.39 is 0 Å². The highest BCUT2D eigenvalue weighted by molar-refractivity contribution is 5.75. The first-order chi connectivity index (χ1) is 12.7. The Bertz CT molecular complexity index is 871. The maximum Gasteiger partial charge on any atom is 0.226 e. The minimum absolute atomic E-state index is 0.0273. The molecule has 0 radical (unpaired) electrons. The maximum absolute atomic E-state index is 11.9. The molecule has 8 nitrogen and oxygen atoms in total. The van der Waals surface area contributed by atoms with Gasteiger partial charge in [0.15, 0.2) is 0 Å². The number of hydrogen-bond acceptors (Lipinski definition) is 6. The van der Waals surface area contributed by atoms with Crippen LogP contribution in [0.3, 0.4) is 0 Å². The molecule has 0 atom stereocenters. The largest absolute Gasteiger partial charge is 0.497 e. The first-order valence-electron chi connectivity index (χ1n) is 8.35. The topological polar surface area (TPSA) is 95.1 Å². The molecule has 8 heteroatoms. The molecule has 0 spiro atoms. The number of nitrogens with one attached hydrogen (secondary N) is 1. The van der Waals surface area contributed by atoms with Crippen molar-refractivity contribution < 1.29 is 14.1 Å². The summed E-state index contributed by atoms with van der Waals surface area (Å²) in [6.07, 6.45) is 5.12. The smallest absolute Gasteiger partial charge is 0.226 e. The van der Waals surface area contributed by atoms with Crippen molar-refractivity contribution in [3.63, 3.8) is 0 Å². The van der Waals surface area contributed by atoms with E-state index in [9.17, 15) is 4.79 Å². The van der Waals surface area contributed by atoms with E-state index in [4.69, 9.17) is 9.26 Å². The molecule has 0 fully saturated rings. The van der Waals surface area contributed by atoms with Crippen molar-refractivity contribution in [1.82, 2.24) is 25.0 Å². The second kappa shape index (κ2) is 8.28. The average Bonchev–Trinajstić information content (AvgIpc) is 3.29. The number of carbonyl (C=O) groups is 1. The average molecular weight is 355 g/mol. The fraction of sp³-hybridized carbons (Fsp3) is 0.333. The summed E-state index contributed by atoms with van der Waals surface area (Å²) in [5.74, 6) is 2.55. The highest BCUT2D eigenvalue weighted by Crippen LogP contribution is 2.21. The van der Waals surface area contributed by atoms with Gasteiger partial charge in [-0.1, -0.05) is 17.3 Å². The molecule has 1 N–H and O–H groups in total. The van der Waals surface area contributed by atoms with Crippen LogP contribution < -0.4 is 10.1 Å². The Kier molecular flexibility index (Phi) is 5.62. The highest BCUT2D eigenvalue weighted by atomic mass is 16.5. The Balaban J connectivity index is 1.46. The fourth-order valence-corrected chi connectivity index (χ4v) is 2.47. The third-order valence-corrected chi connectivity index (χ3v) is 3.96. The minimum atomic E-state index is -0.0273. The van der Waals surface area contributed by atoms with Gasteiger partial charge in [-0.3, -0.25) is 4.79 Å². The predicted octanol–water partition coefficient (Wildman–Crippen LogP) is 2.12. The van der Waals surface area contributed by atoms with Gasteiger partial charge in [0.2, 0.25) is 17.6 Å². The molecule has 26 heavy (non-hydrogen) atoms. The van der Waals surface area contributed by atoms with Crippen molar-refractivity contribution in [3.8, 4) is 17.1 Å². The van der Waals surface area contributed by atoms with Crippen LogP contribution in [0.25, 0.3) is 11.4 Å². The first-order valence-corrected chi connectivity index (χ1v) is 8.35. The van der Waals surface area contributed by atoms with Crippen LogP contribution in [0, 0.1) is 0 Å². The van der Waals surface area contributed by atoms with E-state index in [0.717, 1.165) is 17.1 Å². The lowest BCUT2D eigenvalue weighted by atomic mass is 10.2. The zero-order valence-electron chi connectivity index (χ0n) is 14.8. The summed E-state index contributed by atoms with van der Waals surface area (Å²) in [5.41, 5.74) is 0.826. The van der Waals surface area contributed by atoms with Gasteiger partial charge in [0.25, 0.3) is 0 Å². The minimum Gasteiger partial charge on any atom is -0.497 e. The lowest BCUT2D eigenvalue weighted by Crippen LogP contribution is -2.24. The van der Waals surface area contributed by atoms with Gasteiger partial charge in [0.1, 0.15) is 11.6 Å². The van der Waals surface area contributed by atoms with Crippen molar-refractivity contribution in [2.24, 2.45) is 7.05 Å². The molecular weight excluding hydrogens is 334 g/mol. The number of aromatic nitrogens is 4. The number of imidazole rings is 1. The van der Waals surface area contributed by atoms with Gasteiger partial charge in [-0.25, -0.2) is 4.98 Å². The standard InChI is InChI=1S/C18H21N5O3/c1-23-10-9-19-15(23)12-20-16(24)7-4-8-17-21-18(22-26-17)13-5-3-6-14(11-13)25-2/h3,5-6,9-11H,4,7-8,12H2,1-2H3,(H,20,24). The van der Waals surface area contributed by atoms with E-state index in [0.29, 0.717) is 37.5 Å². The van der Waals surface area contributed by atoms with Crippen LogP contribution in [-0.2, 0) is 24.8 Å². The van der Waals surface area contributed by atoms with E-state index in [1.54, 1.807) is 13.3 Å². The number of hydrogen-bond donors (Lipinski definition) is 1. The predicted molar refractivity (Wildman–Crippen MR) is 94.3 cm³/mol. The van der Waals surface area contributed by atoms with Crippen molar-refractivity contribution >= 4 is 5.91 Å². The normalized spacial score (nSPS) is 10.7. The molecule has 2 aromatic heterocycles.